The SMILES string of the molecule is CCCCCCCC1CCC(CCc2ccc(C3CCC(C=O)(CCCC)CC3)cc2)CC1. The van der Waals surface area contributed by atoms with E-state index in [9.17, 15) is 4.79 Å². The van der Waals surface area contributed by atoms with Crippen LogP contribution in [-0.4, -0.2) is 6.29 Å². The molecule has 0 spiro atoms. The van der Waals surface area contributed by atoms with Crippen LogP contribution < -0.4 is 0 Å². The number of hydrogen-bond acceptors (Lipinski definition) is 1. The number of aldehydes is 1. The third kappa shape index (κ3) is 8.56. The molecule has 0 atom stereocenters. The quantitative estimate of drug-likeness (QED) is 0.203. The van der Waals surface area contributed by atoms with E-state index in [0.29, 0.717) is 5.92 Å². The molecular weight excluding hydrogens is 400 g/mol. The van der Waals surface area contributed by atoms with E-state index in [-0.39, 0.29) is 5.41 Å². The Morgan fingerprint density at radius 1 is 0.758 bits per heavy atom. The Labute approximate surface area is 205 Å². The van der Waals surface area contributed by atoms with Crippen LogP contribution in [0.15, 0.2) is 24.3 Å². The highest BCUT2D eigenvalue weighted by molar-refractivity contribution is 5.59. The van der Waals surface area contributed by atoms with Gasteiger partial charge in [-0.25, -0.2) is 0 Å². The standard InChI is InChI=1S/C32H52O/c1-3-5-7-8-9-10-27-11-13-28(14-12-27)15-16-29-17-19-30(20-18-29)31-21-24-32(26-33,25-22-31)23-6-4-2/h17-20,26-28,31H,3-16,21-25H2,1-2H3. The normalized spacial score (nSPS) is 28.0. The minimum atomic E-state index is -0.0134. The Hall–Kier alpha value is -1.11. The van der Waals surface area contributed by atoms with Gasteiger partial charge in [0, 0.05) is 5.41 Å². The summed E-state index contributed by atoms with van der Waals surface area (Å²) in [6, 6.07) is 9.59. The summed E-state index contributed by atoms with van der Waals surface area (Å²) in [6.07, 6.45) is 26.5. The van der Waals surface area contributed by atoms with Gasteiger partial charge in [-0.05, 0) is 73.8 Å². The molecule has 0 aromatic heterocycles. The van der Waals surface area contributed by atoms with E-state index >= 15 is 0 Å². The Bertz CT molecular complexity index is 644. The average molecular weight is 453 g/mol. The Morgan fingerprint density at radius 3 is 1.97 bits per heavy atom. The molecule has 0 heterocycles. The first-order valence-corrected chi connectivity index (χ1v) is 14.7. The van der Waals surface area contributed by atoms with E-state index < -0.39 is 0 Å². The summed E-state index contributed by atoms with van der Waals surface area (Å²) in [4.78, 5) is 11.8. The van der Waals surface area contributed by atoms with Gasteiger partial charge in [0.05, 0.1) is 0 Å². The summed E-state index contributed by atoms with van der Waals surface area (Å²) in [7, 11) is 0. The van der Waals surface area contributed by atoms with Crippen molar-refractivity contribution >= 4 is 6.29 Å². The lowest BCUT2D eigenvalue weighted by molar-refractivity contribution is -0.118. The molecule has 0 aliphatic heterocycles. The number of hydrogen-bond donors (Lipinski definition) is 0. The fourth-order valence-corrected chi connectivity index (χ4v) is 6.65. The van der Waals surface area contributed by atoms with Gasteiger partial charge in [-0.3, -0.25) is 0 Å². The number of rotatable bonds is 14. The smallest absolute Gasteiger partial charge is 0.126 e. The van der Waals surface area contributed by atoms with Crippen molar-refractivity contribution < 1.29 is 4.79 Å². The molecule has 1 nitrogen and oxygen atoms in total. The highest BCUT2D eigenvalue weighted by Crippen LogP contribution is 2.44. The highest BCUT2D eigenvalue weighted by Gasteiger charge is 2.34. The molecule has 0 saturated heterocycles. The highest BCUT2D eigenvalue weighted by atomic mass is 16.1. The molecule has 0 N–H and O–H groups in total. The van der Waals surface area contributed by atoms with Crippen molar-refractivity contribution in [1.82, 2.24) is 0 Å². The van der Waals surface area contributed by atoms with Gasteiger partial charge in [0.1, 0.15) is 6.29 Å². The second-order valence-corrected chi connectivity index (χ2v) is 11.7. The average Bonchev–Trinajstić information content (AvgIpc) is 2.87. The third-order valence-electron chi connectivity index (χ3n) is 9.23. The maximum atomic E-state index is 11.8. The maximum Gasteiger partial charge on any atom is 0.126 e. The van der Waals surface area contributed by atoms with Crippen LogP contribution in [0.3, 0.4) is 0 Å². The summed E-state index contributed by atoms with van der Waals surface area (Å²) >= 11 is 0. The molecule has 1 heteroatoms. The molecule has 0 radical (unpaired) electrons. The maximum absolute atomic E-state index is 11.8. The third-order valence-corrected chi connectivity index (χ3v) is 9.23. The van der Waals surface area contributed by atoms with Crippen LogP contribution >= 0.6 is 0 Å². The van der Waals surface area contributed by atoms with Crippen molar-refractivity contribution in [2.45, 2.75) is 142 Å². The topological polar surface area (TPSA) is 17.1 Å². The lowest BCUT2D eigenvalue weighted by Gasteiger charge is -2.36. The molecule has 2 fully saturated rings. The summed E-state index contributed by atoms with van der Waals surface area (Å²) in [5, 5.41) is 0. The summed E-state index contributed by atoms with van der Waals surface area (Å²) in [5.41, 5.74) is 3.02. The van der Waals surface area contributed by atoms with E-state index in [1.807, 2.05) is 0 Å². The molecule has 186 valence electrons. The molecular formula is C32H52O. The van der Waals surface area contributed by atoms with Gasteiger partial charge in [-0.1, -0.05) is 115 Å². The monoisotopic (exact) mass is 452 g/mol. The van der Waals surface area contributed by atoms with Crippen LogP contribution in [-0.2, 0) is 11.2 Å². The van der Waals surface area contributed by atoms with E-state index in [4.69, 9.17) is 0 Å². The van der Waals surface area contributed by atoms with Crippen LogP contribution in [0.2, 0.25) is 0 Å². The summed E-state index contributed by atoms with van der Waals surface area (Å²) in [5.74, 6) is 2.64. The summed E-state index contributed by atoms with van der Waals surface area (Å²) in [6.45, 7) is 4.54. The number of unbranched alkanes of at least 4 members (excludes halogenated alkanes) is 5. The van der Waals surface area contributed by atoms with E-state index in [2.05, 4.69) is 38.1 Å². The molecule has 0 bridgehead atoms. The summed E-state index contributed by atoms with van der Waals surface area (Å²) < 4.78 is 0. The van der Waals surface area contributed by atoms with Crippen LogP contribution in [0.1, 0.15) is 146 Å². The largest absolute Gasteiger partial charge is 0.303 e. The first-order chi connectivity index (χ1) is 16.2. The first kappa shape index (κ1) is 26.5. The lowest BCUT2D eigenvalue weighted by Crippen LogP contribution is -2.28. The Balaban J connectivity index is 1.34. The van der Waals surface area contributed by atoms with Gasteiger partial charge < -0.3 is 4.79 Å². The van der Waals surface area contributed by atoms with Crippen molar-refractivity contribution in [1.29, 1.82) is 0 Å². The van der Waals surface area contributed by atoms with Crippen molar-refractivity contribution in [3.05, 3.63) is 35.4 Å². The fourth-order valence-electron chi connectivity index (χ4n) is 6.65. The van der Waals surface area contributed by atoms with Crippen LogP contribution in [0, 0.1) is 17.3 Å². The number of aryl methyl sites for hydroxylation is 1. The molecule has 0 unspecified atom stereocenters. The van der Waals surface area contributed by atoms with Crippen molar-refractivity contribution in [2.75, 3.05) is 0 Å². The van der Waals surface area contributed by atoms with Crippen molar-refractivity contribution in [3.8, 4) is 0 Å². The van der Waals surface area contributed by atoms with Gasteiger partial charge in [-0.15, -0.1) is 0 Å². The zero-order valence-corrected chi connectivity index (χ0v) is 22.0. The molecule has 2 saturated carbocycles. The van der Waals surface area contributed by atoms with Gasteiger partial charge in [0.15, 0.2) is 0 Å². The Morgan fingerprint density at radius 2 is 1.36 bits per heavy atom. The predicted molar refractivity (Wildman–Crippen MR) is 143 cm³/mol. The zero-order valence-electron chi connectivity index (χ0n) is 22.0. The second kappa shape index (κ2) is 14.3. The van der Waals surface area contributed by atoms with Crippen LogP contribution in [0.25, 0.3) is 0 Å². The van der Waals surface area contributed by atoms with Gasteiger partial charge in [0.2, 0.25) is 0 Å². The van der Waals surface area contributed by atoms with E-state index in [1.54, 1.807) is 0 Å². The number of carbonyl (C=O) groups is 1. The number of carbonyl (C=O) groups excluding carboxylic acids is 1. The van der Waals surface area contributed by atoms with Gasteiger partial charge in [-0.2, -0.15) is 0 Å². The number of benzene rings is 1. The van der Waals surface area contributed by atoms with E-state index in [0.717, 1.165) is 31.1 Å². The van der Waals surface area contributed by atoms with Gasteiger partial charge in [0.25, 0.3) is 0 Å². The minimum Gasteiger partial charge on any atom is -0.303 e. The molecule has 3 rings (SSSR count). The van der Waals surface area contributed by atoms with Crippen LogP contribution in [0.5, 0.6) is 0 Å². The molecule has 1 aromatic carbocycles. The Kier molecular flexibility index (Phi) is 11.5. The molecule has 0 amide bonds. The molecule has 33 heavy (non-hydrogen) atoms. The zero-order chi connectivity index (χ0) is 23.4. The van der Waals surface area contributed by atoms with Crippen molar-refractivity contribution in [3.63, 3.8) is 0 Å². The first-order valence-electron chi connectivity index (χ1n) is 14.7. The second-order valence-electron chi connectivity index (χ2n) is 11.7. The molecule has 2 aliphatic carbocycles. The lowest BCUT2D eigenvalue weighted by atomic mass is 9.67. The predicted octanol–water partition coefficient (Wildman–Crippen LogP) is 9.82. The van der Waals surface area contributed by atoms with Gasteiger partial charge >= 0.3 is 0 Å². The minimum absolute atomic E-state index is 0.0134. The molecule has 1 aromatic rings. The van der Waals surface area contributed by atoms with E-state index in [1.165, 1.54) is 120 Å². The molecule has 2 aliphatic rings. The fraction of sp³-hybridized carbons (Fsp3) is 0.781. The van der Waals surface area contributed by atoms with Crippen LogP contribution in [0.4, 0.5) is 0 Å². The van der Waals surface area contributed by atoms with Crippen molar-refractivity contribution in [2.24, 2.45) is 17.3 Å².